The van der Waals surface area contributed by atoms with E-state index in [9.17, 15) is 23.1 Å². The van der Waals surface area contributed by atoms with Gasteiger partial charge in [-0.3, -0.25) is 4.90 Å². The van der Waals surface area contributed by atoms with Crippen LogP contribution in [0, 0.1) is 6.92 Å². The third-order valence-electron chi connectivity index (χ3n) is 5.43. The topological polar surface area (TPSA) is 119 Å². The molecule has 0 radical (unpaired) electrons. The van der Waals surface area contributed by atoms with Gasteiger partial charge in [0.2, 0.25) is 10.0 Å². The maximum atomic E-state index is 12.9. The lowest BCUT2D eigenvalue weighted by atomic mass is 10.2. The van der Waals surface area contributed by atoms with Crippen molar-refractivity contribution in [3.63, 3.8) is 0 Å². The molecule has 4 rings (SSSR count). The van der Waals surface area contributed by atoms with Crippen LogP contribution in [0.5, 0.6) is 5.75 Å². The molecule has 0 spiro atoms. The Hall–Kier alpha value is -3.31. The number of anilines is 2. The van der Waals surface area contributed by atoms with Crippen LogP contribution in [0.3, 0.4) is 0 Å². The van der Waals surface area contributed by atoms with Crippen LogP contribution in [0.2, 0.25) is 0 Å². The van der Waals surface area contributed by atoms with Gasteiger partial charge in [0.15, 0.2) is 0 Å². The fourth-order valence-electron chi connectivity index (χ4n) is 3.68. The molecular formula is C21H24N4O6S. The molecule has 2 aromatic rings. The number of carbonyl (C=O) groups excluding carboxylic acids is 2. The number of phenolic OH excluding ortho intramolecular Hbond substituents is 1. The van der Waals surface area contributed by atoms with Crippen molar-refractivity contribution in [1.29, 1.82) is 0 Å². The summed E-state index contributed by atoms with van der Waals surface area (Å²) in [5.41, 5.74) is 1.87. The molecule has 10 nitrogen and oxygen atoms in total. The zero-order valence-electron chi connectivity index (χ0n) is 17.5. The van der Waals surface area contributed by atoms with Gasteiger partial charge >= 0.3 is 12.1 Å². The molecule has 0 unspecified atom stereocenters. The first-order valence-electron chi connectivity index (χ1n) is 10.2. The fraction of sp³-hybridized carbons (Fsp3) is 0.333. The molecule has 2 aromatic carbocycles. The summed E-state index contributed by atoms with van der Waals surface area (Å²) in [4.78, 5) is 27.3. The van der Waals surface area contributed by atoms with Crippen LogP contribution in [0.1, 0.15) is 5.56 Å². The fourth-order valence-corrected chi connectivity index (χ4v) is 5.27. The van der Waals surface area contributed by atoms with Crippen molar-refractivity contribution in [2.24, 2.45) is 0 Å². The maximum absolute atomic E-state index is 12.9. The number of phenols is 1. The smallest absolute Gasteiger partial charge is 0.414 e. The molecule has 2 heterocycles. The Morgan fingerprint density at radius 1 is 1.06 bits per heavy atom. The molecule has 0 aliphatic carbocycles. The Kier molecular flexibility index (Phi) is 5.94. The third-order valence-corrected chi connectivity index (χ3v) is 7.36. The van der Waals surface area contributed by atoms with Gasteiger partial charge < -0.3 is 20.1 Å². The molecule has 170 valence electrons. The monoisotopic (exact) mass is 460 g/mol. The minimum Gasteiger partial charge on any atom is -0.507 e. The number of hydrogen-bond acceptors (Lipinski definition) is 6. The van der Waals surface area contributed by atoms with E-state index < -0.39 is 16.1 Å². The second kappa shape index (κ2) is 8.67. The highest BCUT2D eigenvalue weighted by molar-refractivity contribution is 7.89. The van der Waals surface area contributed by atoms with Crippen LogP contribution in [0.4, 0.5) is 21.0 Å². The number of hydrogen-bond donors (Lipinski definition) is 2. The summed E-state index contributed by atoms with van der Waals surface area (Å²) in [7, 11) is -3.87. The molecule has 11 heteroatoms. The summed E-state index contributed by atoms with van der Waals surface area (Å²) < 4.78 is 32.1. The molecule has 2 saturated heterocycles. The number of benzene rings is 2. The number of sulfonamides is 1. The Morgan fingerprint density at radius 2 is 1.81 bits per heavy atom. The molecule has 2 fully saturated rings. The van der Waals surface area contributed by atoms with Crippen LogP contribution in [0.15, 0.2) is 47.4 Å². The summed E-state index contributed by atoms with van der Waals surface area (Å²) >= 11 is 0. The number of aromatic hydroxyl groups is 1. The van der Waals surface area contributed by atoms with Gasteiger partial charge in [0.25, 0.3) is 0 Å². The lowest BCUT2D eigenvalue weighted by Gasteiger charge is -2.34. The van der Waals surface area contributed by atoms with E-state index >= 15 is 0 Å². The summed E-state index contributed by atoms with van der Waals surface area (Å²) in [6.45, 7) is 3.16. The van der Waals surface area contributed by atoms with E-state index in [-0.39, 0.29) is 42.9 Å². The highest BCUT2D eigenvalue weighted by Crippen LogP contribution is 2.28. The number of carbonyl (C=O) groups is 2. The van der Waals surface area contributed by atoms with Crippen molar-refractivity contribution < 1.29 is 27.9 Å². The van der Waals surface area contributed by atoms with E-state index in [4.69, 9.17) is 4.74 Å². The number of nitrogens with zero attached hydrogens (tertiary/aromatic N) is 3. The van der Waals surface area contributed by atoms with E-state index in [2.05, 4.69) is 5.32 Å². The first kappa shape index (κ1) is 21.9. The first-order chi connectivity index (χ1) is 15.3. The minimum absolute atomic E-state index is 0.114. The van der Waals surface area contributed by atoms with Crippen molar-refractivity contribution in [2.45, 2.75) is 11.8 Å². The van der Waals surface area contributed by atoms with Gasteiger partial charge in [0.05, 0.1) is 6.54 Å². The van der Waals surface area contributed by atoms with Gasteiger partial charge in [0, 0.05) is 37.6 Å². The minimum atomic E-state index is -3.87. The number of cyclic esters (lactones) is 1. The van der Waals surface area contributed by atoms with Crippen molar-refractivity contribution in [3.8, 4) is 5.75 Å². The SMILES string of the molecule is Cc1ccc(O)c(S(=O)(=O)N2CCN(C(=O)Nc3cccc(N4CCOC4=O)c3)CC2)c1. The highest BCUT2D eigenvalue weighted by atomic mass is 32.2. The summed E-state index contributed by atoms with van der Waals surface area (Å²) in [5.74, 6) is -0.294. The molecule has 0 atom stereocenters. The molecule has 3 amide bonds. The van der Waals surface area contributed by atoms with Crippen LogP contribution in [0.25, 0.3) is 0 Å². The molecule has 0 bridgehead atoms. The molecule has 2 aliphatic rings. The largest absolute Gasteiger partial charge is 0.507 e. The zero-order valence-corrected chi connectivity index (χ0v) is 18.3. The van der Waals surface area contributed by atoms with E-state index in [0.29, 0.717) is 24.5 Å². The van der Waals surface area contributed by atoms with Crippen LogP contribution < -0.4 is 10.2 Å². The van der Waals surface area contributed by atoms with Gasteiger partial charge in [-0.15, -0.1) is 0 Å². The maximum Gasteiger partial charge on any atom is 0.414 e. The summed E-state index contributed by atoms with van der Waals surface area (Å²) in [6.07, 6.45) is -0.426. The van der Waals surface area contributed by atoms with Crippen LogP contribution >= 0.6 is 0 Å². The lowest BCUT2D eigenvalue weighted by Crippen LogP contribution is -2.51. The van der Waals surface area contributed by atoms with Gasteiger partial charge in [-0.25, -0.2) is 18.0 Å². The standard InChI is InChI=1S/C21H24N4O6S/c1-15-5-6-18(26)19(13-15)32(29,30)24-9-7-23(8-10-24)20(27)22-16-3-2-4-17(14-16)25-11-12-31-21(25)28/h2-6,13-14,26H,7-12H2,1H3,(H,22,27). The number of piperazine rings is 1. The van der Waals surface area contributed by atoms with Crippen LogP contribution in [-0.4, -0.2) is 74.2 Å². The molecule has 2 N–H and O–H groups in total. The normalized spacial score (nSPS) is 17.3. The highest BCUT2D eigenvalue weighted by Gasteiger charge is 2.32. The quantitative estimate of drug-likeness (QED) is 0.722. The van der Waals surface area contributed by atoms with E-state index in [0.717, 1.165) is 5.56 Å². The number of rotatable bonds is 4. The molecule has 0 aromatic heterocycles. The second-order valence-corrected chi connectivity index (χ2v) is 9.52. The van der Waals surface area contributed by atoms with Gasteiger partial charge in [0.1, 0.15) is 17.3 Å². The average Bonchev–Trinajstić information content (AvgIpc) is 3.21. The van der Waals surface area contributed by atoms with Gasteiger partial charge in [-0.2, -0.15) is 4.31 Å². The van der Waals surface area contributed by atoms with Crippen molar-refractivity contribution in [3.05, 3.63) is 48.0 Å². The summed E-state index contributed by atoms with van der Waals surface area (Å²) in [5, 5.41) is 12.8. The average molecular weight is 461 g/mol. The van der Waals surface area contributed by atoms with Crippen molar-refractivity contribution in [1.82, 2.24) is 9.21 Å². The van der Waals surface area contributed by atoms with E-state index in [1.54, 1.807) is 37.3 Å². The Bertz CT molecular complexity index is 1140. The second-order valence-electron chi connectivity index (χ2n) is 7.61. The number of nitrogens with one attached hydrogen (secondary N) is 1. The molecular weight excluding hydrogens is 436 g/mol. The first-order valence-corrected chi connectivity index (χ1v) is 11.6. The summed E-state index contributed by atoms with van der Waals surface area (Å²) in [6, 6.07) is 11.0. The predicted molar refractivity (Wildman–Crippen MR) is 117 cm³/mol. The van der Waals surface area contributed by atoms with Crippen molar-refractivity contribution >= 4 is 33.5 Å². The van der Waals surface area contributed by atoms with Crippen LogP contribution in [-0.2, 0) is 14.8 Å². The lowest BCUT2D eigenvalue weighted by molar-refractivity contribution is 0.181. The number of ether oxygens (including phenoxy) is 1. The zero-order chi connectivity index (χ0) is 22.9. The predicted octanol–water partition coefficient (Wildman–Crippen LogP) is 2.20. The third kappa shape index (κ3) is 4.34. The van der Waals surface area contributed by atoms with Gasteiger partial charge in [-0.1, -0.05) is 12.1 Å². The molecule has 32 heavy (non-hydrogen) atoms. The molecule has 2 aliphatic heterocycles. The Balaban J connectivity index is 1.39. The van der Waals surface area contributed by atoms with E-state index in [1.165, 1.54) is 26.2 Å². The Morgan fingerprint density at radius 3 is 2.50 bits per heavy atom. The number of amides is 3. The number of aryl methyl sites for hydroxylation is 1. The van der Waals surface area contributed by atoms with E-state index in [1.807, 2.05) is 0 Å². The Labute approximate surface area is 186 Å². The van der Waals surface area contributed by atoms with Gasteiger partial charge in [-0.05, 0) is 42.8 Å². The van der Waals surface area contributed by atoms with Crippen molar-refractivity contribution in [2.75, 3.05) is 49.5 Å². The number of urea groups is 1. The molecule has 0 saturated carbocycles.